The molecule has 1 aliphatic heterocycles. The zero-order chi connectivity index (χ0) is 22.1. The maximum absolute atomic E-state index is 12.6. The van der Waals surface area contributed by atoms with Crippen LogP contribution in [0.1, 0.15) is 40.5 Å². The second-order valence-electron chi connectivity index (χ2n) is 7.42. The Bertz CT molecular complexity index is 1190. The van der Waals surface area contributed by atoms with Gasteiger partial charge in [-0.25, -0.2) is 9.97 Å². The first kappa shape index (κ1) is 20.4. The molecule has 3 aromatic rings. The predicted molar refractivity (Wildman–Crippen MR) is 116 cm³/mol. The van der Waals surface area contributed by atoms with Gasteiger partial charge in [0.15, 0.2) is 11.5 Å². The van der Waals surface area contributed by atoms with E-state index in [-0.39, 0.29) is 18.4 Å². The summed E-state index contributed by atoms with van der Waals surface area (Å²) in [6, 6.07) is 7.50. The van der Waals surface area contributed by atoms with Gasteiger partial charge in [0.05, 0.1) is 12.8 Å². The fourth-order valence-corrected chi connectivity index (χ4v) is 3.92. The van der Waals surface area contributed by atoms with Crippen molar-refractivity contribution >= 4 is 11.7 Å². The van der Waals surface area contributed by atoms with E-state index >= 15 is 0 Å². The number of aromatic nitrogens is 4. The molecule has 1 atom stereocenters. The molecule has 4 rings (SSSR count). The van der Waals surface area contributed by atoms with E-state index in [0.717, 1.165) is 28.2 Å². The van der Waals surface area contributed by atoms with Gasteiger partial charge in [-0.3, -0.25) is 4.79 Å². The first-order valence-corrected chi connectivity index (χ1v) is 9.87. The molecule has 0 spiro atoms. The van der Waals surface area contributed by atoms with Crippen molar-refractivity contribution < 1.29 is 14.3 Å². The van der Waals surface area contributed by atoms with Crippen LogP contribution in [0, 0.1) is 33.1 Å². The number of hydrogen-bond acceptors (Lipinski definition) is 6. The largest absolute Gasteiger partial charge is 0.493 e. The van der Waals surface area contributed by atoms with Gasteiger partial charge in [0.25, 0.3) is 5.95 Å². The lowest BCUT2D eigenvalue weighted by Crippen LogP contribution is -2.25. The third kappa shape index (κ3) is 3.82. The molecule has 1 aromatic carbocycles. The molecule has 1 amide bonds. The smallest absolute Gasteiger partial charge is 0.252 e. The number of ether oxygens (including phenoxy) is 2. The number of fused-ring (bicyclic) bond motifs is 1. The van der Waals surface area contributed by atoms with Gasteiger partial charge in [0.1, 0.15) is 12.4 Å². The number of aryl methyl sites for hydroxylation is 3. The van der Waals surface area contributed by atoms with Crippen LogP contribution in [0.2, 0.25) is 0 Å². The van der Waals surface area contributed by atoms with Gasteiger partial charge >= 0.3 is 0 Å². The summed E-state index contributed by atoms with van der Waals surface area (Å²) in [5.74, 6) is 4.28. The van der Waals surface area contributed by atoms with Crippen LogP contribution in [0.25, 0.3) is 5.95 Å². The fraction of sp³-hybridized carbons (Fsp3) is 0.304. The van der Waals surface area contributed by atoms with Crippen molar-refractivity contribution in [1.29, 1.82) is 0 Å². The number of hydrogen-bond donors (Lipinski definition) is 1. The number of methoxy groups -OCH3 is 1. The van der Waals surface area contributed by atoms with E-state index in [4.69, 9.17) is 15.9 Å². The highest BCUT2D eigenvalue weighted by atomic mass is 16.5. The quantitative estimate of drug-likeness (QED) is 0.642. The molecule has 1 N–H and O–H groups in total. The maximum Gasteiger partial charge on any atom is 0.252 e. The highest BCUT2D eigenvalue weighted by Gasteiger charge is 2.33. The number of nitrogens with zero attached hydrogens (tertiary/aromatic N) is 4. The van der Waals surface area contributed by atoms with E-state index in [1.807, 2.05) is 45.0 Å². The van der Waals surface area contributed by atoms with Gasteiger partial charge in [-0.15, -0.1) is 6.42 Å². The zero-order valence-electron chi connectivity index (χ0n) is 17.9. The molecule has 0 radical (unpaired) electrons. The zero-order valence-corrected chi connectivity index (χ0v) is 17.9. The minimum atomic E-state index is -0.195. The molecule has 0 aliphatic carbocycles. The molecule has 3 heterocycles. The standard InChI is InChI=1S/C23H23N5O3/c1-6-9-31-18-8-7-16(11-19(18)30-5)17-12-20(29)26-22-21(17)15(4)27-28(22)23-24-13(2)10-14(3)25-23/h1,7-8,10-11,17H,9,12H2,2-5H3,(H,26,29)/t17-/m1/s1. The summed E-state index contributed by atoms with van der Waals surface area (Å²) in [6.45, 7) is 5.87. The van der Waals surface area contributed by atoms with Crippen molar-refractivity contribution in [3.8, 4) is 29.8 Å². The molecule has 158 valence electrons. The van der Waals surface area contributed by atoms with Crippen LogP contribution in [0.3, 0.4) is 0 Å². The van der Waals surface area contributed by atoms with Gasteiger partial charge in [0.2, 0.25) is 5.91 Å². The van der Waals surface area contributed by atoms with Gasteiger partial charge in [-0.05, 0) is 44.5 Å². The van der Waals surface area contributed by atoms with Gasteiger partial charge in [-0.1, -0.05) is 12.0 Å². The summed E-state index contributed by atoms with van der Waals surface area (Å²) < 4.78 is 12.6. The normalized spacial score (nSPS) is 15.1. The van der Waals surface area contributed by atoms with Crippen LogP contribution in [0.4, 0.5) is 5.82 Å². The van der Waals surface area contributed by atoms with Crippen molar-refractivity contribution in [2.24, 2.45) is 0 Å². The first-order chi connectivity index (χ1) is 14.9. The molecule has 0 fully saturated rings. The van der Waals surface area contributed by atoms with Crippen molar-refractivity contribution in [2.75, 3.05) is 19.0 Å². The SMILES string of the molecule is C#CCOc1ccc([C@H]2CC(=O)Nc3c2c(C)nn3-c2nc(C)cc(C)n2)cc1OC. The Morgan fingerprint density at radius 3 is 2.61 bits per heavy atom. The van der Waals surface area contributed by atoms with Crippen LogP contribution in [0.5, 0.6) is 11.5 Å². The Hall–Kier alpha value is -3.86. The van der Waals surface area contributed by atoms with Gasteiger partial charge in [-0.2, -0.15) is 9.78 Å². The summed E-state index contributed by atoms with van der Waals surface area (Å²) in [5.41, 5.74) is 4.31. The second-order valence-corrected chi connectivity index (χ2v) is 7.42. The lowest BCUT2D eigenvalue weighted by Gasteiger charge is -2.25. The molecule has 0 saturated heterocycles. The lowest BCUT2D eigenvalue weighted by atomic mass is 9.85. The van der Waals surface area contributed by atoms with Crippen LogP contribution in [-0.4, -0.2) is 39.4 Å². The van der Waals surface area contributed by atoms with E-state index in [9.17, 15) is 4.79 Å². The molecule has 1 aliphatic rings. The Morgan fingerprint density at radius 2 is 1.94 bits per heavy atom. The molecular formula is C23H23N5O3. The Kier molecular flexibility index (Phi) is 5.34. The molecule has 0 bridgehead atoms. The van der Waals surface area contributed by atoms with Crippen molar-refractivity contribution in [3.05, 3.63) is 52.5 Å². The molecule has 0 unspecified atom stereocenters. The van der Waals surface area contributed by atoms with E-state index in [2.05, 4.69) is 26.3 Å². The summed E-state index contributed by atoms with van der Waals surface area (Å²) >= 11 is 0. The lowest BCUT2D eigenvalue weighted by molar-refractivity contribution is -0.116. The minimum absolute atomic E-state index is 0.102. The van der Waals surface area contributed by atoms with E-state index < -0.39 is 0 Å². The molecule has 8 heteroatoms. The predicted octanol–water partition coefficient (Wildman–Crippen LogP) is 3.08. The third-order valence-corrected chi connectivity index (χ3v) is 5.16. The number of amides is 1. The summed E-state index contributed by atoms with van der Waals surface area (Å²) in [6.07, 6.45) is 5.58. The number of anilines is 1. The second kappa shape index (κ2) is 8.11. The van der Waals surface area contributed by atoms with Crippen LogP contribution in [0.15, 0.2) is 24.3 Å². The van der Waals surface area contributed by atoms with Gasteiger partial charge < -0.3 is 14.8 Å². The van der Waals surface area contributed by atoms with E-state index in [1.165, 1.54) is 0 Å². The summed E-state index contributed by atoms with van der Waals surface area (Å²) in [4.78, 5) is 21.6. The van der Waals surface area contributed by atoms with Crippen molar-refractivity contribution in [3.63, 3.8) is 0 Å². The van der Waals surface area contributed by atoms with Crippen LogP contribution < -0.4 is 14.8 Å². The monoisotopic (exact) mass is 417 g/mol. The van der Waals surface area contributed by atoms with Gasteiger partial charge in [0, 0.05) is 29.3 Å². The molecular weight excluding hydrogens is 394 g/mol. The van der Waals surface area contributed by atoms with Crippen molar-refractivity contribution in [2.45, 2.75) is 33.1 Å². The van der Waals surface area contributed by atoms with Crippen molar-refractivity contribution in [1.82, 2.24) is 19.7 Å². The number of benzene rings is 1. The molecule has 2 aromatic heterocycles. The molecule has 31 heavy (non-hydrogen) atoms. The molecule has 8 nitrogen and oxygen atoms in total. The topological polar surface area (TPSA) is 91.2 Å². The average molecular weight is 417 g/mol. The number of carbonyl (C=O) groups is 1. The summed E-state index contributed by atoms with van der Waals surface area (Å²) in [7, 11) is 1.57. The molecule has 0 saturated carbocycles. The van der Waals surface area contributed by atoms with E-state index in [1.54, 1.807) is 11.8 Å². The number of carbonyl (C=O) groups excluding carboxylic acids is 1. The highest BCUT2D eigenvalue weighted by molar-refractivity contribution is 5.95. The van der Waals surface area contributed by atoms with E-state index in [0.29, 0.717) is 29.7 Å². The number of nitrogens with one attached hydrogen (secondary N) is 1. The van der Waals surface area contributed by atoms with Crippen LogP contribution >= 0.6 is 0 Å². The maximum atomic E-state index is 12.6. The number of terminal acetylenes is 1. The van der Waals surface area contributed by atoms with Crippen LogP contribution in [-0.2, 0) is 4.79 Å². The first-order valence-electron chi connectivity index (χ1n) is 9.87. The fourth-order valence-electron chi connectivity index (χ4n) is 3.92. The Balaban J connectivity index is 1.81. The number of rotatable bonds is 5. The average Bonchev–Trinajstić information content (AvgIpc) is 3.07. The Morgan fingerprint density at radius 1 is 1.19 bits per heavy atom. The highest BCUT2D eigenvalue weighted by Crippen LogP contribution is 2.42. The summed E-state index contributed by atoms with van der Waals surface area (Å²) in [5, 5.41) is 7.61. The third-order valence-electron chi connectivity index (χ3n) is 5.16. The Labute approximate surface area is 180 Å². The minimum Gasteiger partial charge on any atom is -0.493 e.